The minimum Gasteiger partial charge on any atom is -0.370 e. The largest absolute Gasteiger partial charge is 0.370 e. The lowest BCUT2D eigenvalue weighted by molar-refractivity contribution is 0.580. The Hall–Kier alpha value is -1.56. The normalized spacial score (nSPS) is 10.4. The molecular formula is C12H10BrF2N3. The quantitative estimate of drug-likeness (QED) is 0.881. The van der Waals surface area contributed by atoms with Crippen molar-refractivity contribution in [1.82, 2.24) is 9.97 Å². The molecule has 0 saturated carbocycles. The summed E-state index contributed by atoms with van der Waals surface area (Å²) in [6.07, 6.45) is 1.94. The second kappa shape index (κ2) is 5.86. The van der Waals surface area contributed by atoms with Crippen LogP contribution in [0.1, 0.15) is 5.56 Å². The summed E-state index contributed by atoms with van der Waals surface area (Å²) < 4.78 is 26.6. The lowest BCUT2D eigenvalue weighted by atomic mass is 10.1. The molecule has 2 rings (SSSR count). The van der Waals surface area contributed by atoms with Crippen LogP contribution in [0.2, 0.25) is 0 Å². The van der Waals surface area contributed by atoms with Crippen molar-refractivity contribution in [3.63, 3.8) is 0 Å². The van der Waals surface area contributed by atoms with Crippen LogP contribution in [0, 0.1) is 11.6 Å². The molecular weight excluding hydrogens is 304 g/mol. The minimum atomic E-state index is -0.560. The Bertz CT molecular complexity index is 528. The highest BCUT2D eigenvalue weighted by Crippen LogP contribution is 2.11. The van der Waals surface area contributed by atoms with Gasteiger partial charge in [0.25, 0.3) is 0 Å². The van der Waals surface area contributed by atoms with Crippen molar-refractivity contribution in [2.75, 3.05) is 11.9 Å². The number of halogens is 3. The molecule has 0 bridgehead atoms. The van der Waals surface area contributed by atoms with E-state index in [1.54, 1.807) is 6.07 Å². The molecule has 1 heterocycles. The number of nitrogens with one attached hydrogen (secondary N) is 1. The van der Waals surface area contributed by atoms with E-state index in [9.17, 15) is 8.78 Å². The van der Waals surface area contributed by atoms with Crippen LogP contribution in [0.4, 0.5) is 14.6 Å². The number of nitrogens with zero attached hydrogens (tertiary/aromatic N) is 2. The lowest BCUT2D eigenvalue weighted by Gasteiger charge is -2.06. The summed E-state index contributed by atoms with van der Waals surface area (Å²) in [5.74, 6) is -0.460. The fraction of sp³-hybridized carbons (Fsp3) is 0.167. The van der Waals surface area contributed by atoms with Crippen molar-refractivity contribution in [3.8, 4) is 0 Å². The second-order valence-electron chi connectivity index (χ2n) is 3.68. The first-order valence-corrected chi connectivity index (χ1v) is 6.09. The number of hydrogen-bond donors (Lipinski definition) is 1. The first kappa shape index (κ1) is 12.9. The van der Waals surface area contributed by atoms with Gasteiger partial charge in [0.2, 0.25) is 0 Å². The Morgan fingerprint density at radius 3 is 2.44 bits per heavy atom. The summed E-state index contributed by atoms with van der Waals surface area (Å²) >= 11 is 3.23. The van der Waals surface area contributed by atoms with Crippen molar-refractivity contribution >= 4 is 21.7 Å². The predicted octanol–water partition coefficient (Wildman–Crippen LogP) is 3.17. The lowest BCUT2D eigenvalue weighted by Crippen LogP contribution is -2.06. The molecule has 1 N–H and O–H groups in total. The van der Waals surface area contributed by atoms with E-state index in [2.05, 4.69) is 31.2 Å². The molecule has 0 aliphatic heterocycles. The molecule has 0 saturated heterocycles. The fourth-order valence-electron chi connectivity index (χ4n) is 1.52. The van der Waals surface area contributed by atoms with Gasteiger partial charge in [-0.2, -0.15) is 0 Å². The highest BCUT2D eigenvalue weighted by Gasteiger charge is 2.01. The smallest absolute Gasteiger partial charge is 0.130 e. The van der Waals surface area contributed by atoms with Crippen molar-refractivity contribution < 1.29 is 8.78 Å². The van der Waals surface area contributed by atoms with Gasteiger partial charge in [-0.15, -0.1) is 0 Å². The van der Waals surface area contributed by atoms with E-state index in [0.717, 1.165) is 6.07 Å². The predicted molar refractivity (Wildman–Crippen MR) is 68.3 cm³/mol. The molecule has 0 unspecified atom stereocenters. The van der Waals surface area contributed by atoms with Crippen molar-refractivity contribution in [3.05, 3.63) is 52.4 Å². The molecule has 94 valence electrons. The van der Waals surface area contributed by atoms with Crippen LogP contribution in [0.25, 0.3) is 0 Å². The van der Waals surface area contributed by atoms with Gasteiger partial charge in [0.1, 0.15) is 28.4 Å². The molecule has 0 radical (unpaired) electrons. The SMILES string of the molecule is Fc1cc(F)cc(CCNc2cc(Br)ncn2)c1. The van der Waals surface area contributed by atoms with Gasteiger partial charge < -0.3 is 5.32 Å². The number of rotatable bonds is 4. The number of anilines is 1. The van der Waals surface area contributed by atoms with Crippen LogP contribution in [0.3, 0.4) is 0 Å². The van der Waals surface area contributed by atoms with Crippen LogP contribution in [-0.4, -0.2) is 16.5 Å². The van der Waals surface area contributed by atoms with Gasteiger partial charge in [-0.05, 0) is 40.0 Å². The molecule has 0 atom stereocenters. The van der Waals surface area contributed by atoms with Gasteiger partial charge in [-0.1, -0.05) is 0 Å². The topological polar surface area (TPSA) is 37.8 Å². The third kappa shape index (κ3) is 3.73. The molecule has 0 spiro atoms. The Kier molecular flexibility index (Phi) is 4.19. The highest BCUT2D eigenvalue weighted by molar-refractivity contribution is 9.10. The van der Waals surface area contributed by atoms with Gasteiger partial charge in [-0.3, -0.25) is 0 Å². The molecule has 2 aromatic rings. The summed E-state index contributed by atoms with van der Waals surface area (Å²) in [7, 11) is 0. The number of benzene rings is 1. The van der Waals surface area contributed by atoms with Crippen LogP contribution < -0.4 is 5.32 Å². The Balaban J connectivity index is 1.92. The summed E-state index contributed by atoms with van der Waals surface area (Å²) in [6.45, 7) is 0.534. The van der Waals surface area contributed by atoms with Crippen LogP contribution >= 0.6 is 15.9 Å². The van der Waals surface area contributed by atoms with Gasteiger partial charge in [0.05, 0.1) is 0 Å². The zero-order chi connectivity index (χ0) is 13.0. The maximum Gasteiger partial charge on any atom is 0.130 e. The molecule has 6 heteroatoms. The average Bonchev–Trinajstić information content (AvgIpc) is 2.27. The Morgan fingerprint density at radius 2 is 1.78 bits per heavy atom. The maximum absolute atomic E-state index is 12.9. The van der Waals surface area contributed by atoms with E-state index in [4.69, 9.17) is 0 Å². The third-order valence-electron chi connectivity index (χ3n) is 2.28. The van der Waals surface area contributed by atoms with E-state index in [-0.39, 0.29) is 0 Å². The molecule has 0 aliphatic rings. The molecule has 0 fully saturated rings. The van der Waals surface area contributed by atoms with Gasteiger partial charge in [-0.25, -0.2) is 18.7 Å². The van der Waals surface area contributed by atoms with Gasteiger partial charge in [0, 0.05) is 18.7 Å². The van der Waals surface area contributed by atoms with Crippen LogP contribution in [-0.2, 0) is 6.42 Å². The average molecular weight is 314 g/mol. The number of aromatic nitrogens is 2. The van der Waals surface area contributed by atoms with Gasteiger partial charge >= 0.3 is 0 Å². The minimum absolute atomic E-state index is 0.510. The molecule has 0 aliphatic carbocycles. The van der Waals surface area contributed by atoms with E-state index in [0.29, 0.717) is 29.0 Å². The first-order chi connectivity index (χ1) is 8.63. The Labute approximate surface area is 111 Å². The molecule has 3 nitrogen and oxygen atoms in total. The van der Waals surface area contributed by atoms with Crippen molar-refractivity contribution in [2.45, 2.75) is 6.42 Å². The molecule has 1 aromatic carbocycles. The fourth-order valence-corrected chi connectivity index (χ4v) is 1.83. The summed E-state index contributed by atoms with van der Waals surface area (Å²) in [5.41, 5.74) is 0.605. The monoisotopic (exact) mass is 313 g/mol. The molecule has 18 heavy (non-hydrogen) atoms. The standard InChI is InChI=1S/C12H10BrF2N3/c13-11-6-12(18-7-17-11)16-2-1-8-3-9(14)5-10(15)4-8/h3-7H,1-2H2,(H,16,17,18). The van der Waals surface area contributed by atoms with Crippen molar-refractivity contribution in [1.29, 1.82) is 0 Å². The maximum atomic E-state index is 12.9. The van der Waals surface area contributed by atoms with Gasteiger partial charge in [0.15, 0.2) is 0 Å². The highest BCUT2D eigenvalue weighted by atomic mass is 79.9. The summed E-state index contributed by atoms with van der Waals surface area (Å²) in [6, 6.07) is 5.23. The Morgan fingerprint density at radius 1 is 1.06 bits per heavy atom. The third-order valence-corrected chi connectivity index (χ3v) is 2.71. The molecule has 0 amide bonds. The first-order valence-electron chi connectivity index (χ1n) is 5.30. The van der Waals surface area contributed by atoms with E-state index < -0.39 is 11.6 Å². The summed E-state index contributed by atoms with van der Waals surface area (Å²) in [4.78, 5) is 7.90. The van der Waals surface area contributed by atoms with Crippen LogP contribution in [0.5, 0.6) is 0 Å². The zero-order valence-corrected chi connectivity index (χ0v) is 10.9. The van der Waals surface area contributed by atoms with Crippen LogP contribution in [0.15, 0.2) is 35.2 Å². The summed E-state index contributed by atoms with van der Waals surface area (Å²) in [5, 5.41) is 3.05. The number of hydrogen-bond acceptors (Lipinski definition) is 3. The zero-order valence-electron chi connectivity index (χ0n) is 9.33. The van der Waals surface area contributed by atoms with E-state index in [1.165, 1.54) is 18.5 Å². The molecule has 1 aromatic heterocycles. The van der Waals surface area contributed by atoms with E-state index >= 15 is 0 Å². The second-order valence-corrected chi connectivity index (χ2v) is 4.49. The van der Waals surface area contributed by atoms with Crippen molar-refractivity contribution in [2.24, 2.45) is 0 Å². The van der Waals surface area contributed by atoms with E-state index in [1.807, 2.05) is 0 Å².